The molecule has 29 heavy (non-hydrogen) atoms. The minimum atomic E-state index is -4.67. The lowest BCUT2D eigenvalue weighted by Gasteiger charge is -2.35. The second kappa shape index (κ2) is 7.44. The predicted molar refractivity (Wildman–Crippen MR) is 92.8 cm³/mol. The topological polar surface area (TPSA) is 84.2 Å². The molecule has 1 aromatic rings. The van der Waals surface area contributed by atoms with Crippen molar-refractivity contribution in [2.45, 2.75) is 56.6 Å². The fraction of sp³-hybridized carbons (Fsp3) is 0.632. The Bertz CT molecular complexity index is 831. The Hall–Kier alpha value is -2.41. The van der Waals surface area contributed by atoms with Crippen molar-refractivity contribution in [3.05, 3.63) is 23.5 Å². The maximum Gasteiger partial charge on any atom is 0.425 e. The average molecular weight is 415 g/mol. The highest BCUT2D eigenvalue weighted by atomic mass is 19.4. The van der Waals surface area contributed by atoms with Gasteiger partial charge in [0.25, 0.3) is 5.91 Å². The first-order chi connectivity index (χ1) is 13.5. The number of carbonyl (C=O) groups is 1. The van der Waals surface area contributed by atoms with Crippen LogP contribution in [0.15, 0.2) is 12.3 Å². The standard InChI is InChI=1S/C19H21F4N3O3/c1-11(19(21,22)23)29-15-5-14(25-7-13(15)18(20)9-28-10-18)16(27)26-17(2,8-24)6-12-3-4-12/h5,7,11-12H,3-4,6,9-10H2,1-2H3,(H,26,27)/t11-,17?/m0/s1. The number of nitrogens with zero attached hydrogens (tertiary/aromatic N) is 2. The first-order valence-corrected chi connectivity index (χ1v) is 9.20. The second-order valence-corrected chi connectivity index (χ2v) is 7.87. The molecule has 0 bridgehead atoms. The minimum Gasteiger partial charge on any atom is -0.481 e. The van der Waals surface area contributed by atoms with Gasteiger partial charge in [-0.1, -0.05) is 12.8 Å². The van der Waals surface area contributed by atoms with E-state index in [-0.39, 0.29) is 24.5 Å². The molecule has 1 aliphatic carbocycles. The third-order valence-electron chi connectivity index (χ3n) is 5.04. The predicted octanol–water partition coefficient (Wildman–Crippen LogP) is 3.42. The summed E-state index contributed by atoms with van der Waals surface area (Å²) in [6.07, 6.45) is -3.48. The molecule has 1 aliphatic heterocycles. The molecule has 0 spiro atoms. The zero-order chi connectivity index (χ0) is 21.4. The zero-order valence-corrected chi connectivity index (χ0v) is 16.0. The van der Waals surface area contributed by atoms with Crippen LogP contribution in [-0.2, 0) is 10.4 Å². The van der Waals surface area contributed by atoms with E-state index in [0.29, 0.717) is 12.3 Å². The highest BCUT2D eigenvalue weighted by Crippen LogP contribution is 2.40. The number of nitriles is 1. The molecule has 10 heteroatoms. The second-order valence-electron chi connectivity index (χ2n) is 7.87. The minimum absolute atomic E-state index is 0.211. The van der Waals surface area contributed by atoms with Gasteiger partial charge >= 0.3 is 6.18 Å². The summed E-state index contributed by atoms with van der Waals surface area (Å²) >= 11 is 0. The monoisotopic (exact) mass is 415 g/mol. The smallest absolute Gasteiger partial charge is 0.425 e. The lowest BCUT2D eigenvalue weighted by molar-refractivity contribution is -0.190. The van der Waals surface area contributed by atoms with Gasteiger partial charge in [0, 0.05) is 12.3 Å². The van der Waals surface area contributed by atoms with Crippen LogP contribution in [0.25, 0.3) is 0 Å². The van der Waals surface area contributed by atoms with Gasteiger partial charge in [-0.15, -0.1) is 0 Å². The molecule has 1 saturated carbocycles. The van der Waals surface area contributed by atoms with Crippen molar-refractivity contribution in [1.82, 2.24) is 10.3 Å². The Labute approximate surface area is 165 Å². The number of hydrogen-bond donors (Lipinski definition) is 1. The van der Waals surface area contributed by atoms with E-state index in [9.17, 15) is 27.6 Å². The van der Waals surface area contributed by atoms with Gasteiger partial charge in [-0.3, -0.25) is 9.78 Å². The van der Waals surface area contributed by atoms with E-state index in [2.05, 4.69) is 16.4 Å². The van der Waals surface area contributed by atoms with E-state index in [1.54, 1.807) is 6.92 Å². The lowest BCUT2D eigenvalue weighted by atomic mass is 9.94. The molecular formula is C19H21F4N3O3. The number of carbonyl (C=O) groups excluding carboxylic acids is 1. The highest BCUT2D eigenvalue weighted by Gasteiger charge is 2.45. The molecule has 1 saturated heterocycles. The van der Waals surface area contributed by atoms with Crippen LogP contribution < -0.4 is 10.1 Å². The highest BCUT2D eigenvalue weighted by molar-refractivity contribution is 5.93. The van der Waals surface area contributed by atoms with Crippen LogP contribution >= 0.6 is 0 Å². The molecule has 2 fully saturated rings. The van der Waals surface area contributed by atoms with Crippen LogP contribution in [0, 0.1) is 17.2 Å². The number of amides is 1. The molecule has 1 aromatic heterocycles. The van der Waals surface area contributed by atoms with Crippen molar-refractivity contribution >= 4 is 5.91 Å². The number of halogens is 4. The van der Waals surface area contributed by atoms with Crippen molar-refractivity contribution in [3.63, 3.8) is 0 Å². The van der Waals surface area contributed by atoms with E-state index in [0.717, 1.165) is 32.0 Å². The number of nitrogens with one attached hydrogen (secondary N) is 1. The molecule has 1 amide bonds. The summed E-state index contributed by atoms with van der Waals surface area (Å²) in [5, 5.41) is 12.0. The normalized spacial score (nSPS) is 21.3. The van der Waals surface area contributed by atoms with Crippen LogP contribution in [-0.4, -0.2) is 41.9 Å². The maximum absolute atomic E-state index is 14.8. The molecule has 6 nitrogen and oxygen atoms in total. The third kappa shape index (κ3) is 4.78. The Morgan fingerprint density at radius 3 is 2.62 bits per heavy atom. The molecule has 2 heterocycles. The molecule has 0 aromatic carbocycles. The number of hydrogen-bond acceptors (Lipinski definition) is 5. The van der Waals surface area contributed by atoms with Crippen LogP contribution in [0.2, 0.25) is 0 Å². The van der Waals surface area contributed by atoms with Crippen molar-refractivity contribution in [2.24, 2.45) is 5.92 Å². The number of rotatable bonds is 7. The van der Waals surface area contributed by atoms with Crippen molar-refractivity contribution < 1.29 is 31.8 Å². The Kier molecular flexibility index (Phi) is 5.47. The van der Waals surface area contributed by atoms with Gasteiger partial charge in [-0.25, -0.2) is 4.39 Å². The summed E-state index contributed by atoms with van der Waals surface area (Å²) in [4.78, 5) is 16.5. The Balaban J connectivity index is 1.86. The molecule has 2 aliphatic rings. The van der Waals surface area contributed by atoms with Gasteiger partial charge in [-0.05, 0) is 26.2 Å². The fourth-order valence-corrected chi connectivity index (χ4v) is 3.03. The number of alkyl halides is 4. The van der Waals surface area contributed by atoms with E-state index in [1.807, 2.05) is 0 Å². The van der Waals surface area contributed by atoms with Gasteiger partial charge in [-0.2, -0.15) is 18.4 Å². The van der Waals surface area contributed by atoms with E-state index < -0.39 is 35.1 Å². The third-order valence-corrected chi connectivity index (χ3v) is 5.04. The Morgan fingerprint density at radius 2 is 2.14 bits per heavy atom. The molecular weight excluding hydrogens is 394 g/mol. The summed E-state index contributed by atoms with van der Waals surface area (Å²) < 4.78 is 63.4. The van der Waals surface area contributed by atoms with Gasteiger partial charge < -0.3 is 14.8 Å². The van der Waals surface area contributed by atoms with Gasteiger partial charge in [0.2, 0.25) is 0 Å². The summed E-state index contributed by atoms with van der Waals surface area (Å²) in [5.41, 5.74) is -3.64. The summed E-state index contributed by atoms with van der Waals surface area (Å²) in [7, 11) is 0. The maximum atomic E-state index is 14.8. The SMILES string of the molecule is C[C@H](Oc1cc(C(=O)NC(C)(C#N)CC2CC2)ncc1C1(F)COC1)C(F)(F)F. The molecule has 1 unspecified atom stereocenters. The first kappa shape index (κ1) is 21.3. The van der Waals surface area contributed by atoms with Gasteiger partial charge in [0.05, 0.1) is 24.8 Å². The number of pyridine rings is 1. The van der Waals surface area contributed by atoms with Crippen LogP contribution in [0.1, 0.15) is 49.2 Å². The van der Waals surface area contributed by atoms with Crippen LogP contribution in [0.5, 0.6) is 5.75 Å². The van der Waals surface area contributed by atoms with Crippen LogP contribution in [0.4, 0.5) is 17.6 Å². The summed E-state index contributed by atoms with van der Waals surface area (Å²) in [5.74, 6) is -0.822. The van der Waals surface area contributed by atoms with E-state index in [4.69, 9.17) is 9.47 Å². The summed E-state index contributed by atoms with van der Waals surface area (Å²) in [6.45, 7) is 1.67. The van der Waals surface area contributed by atoms with E-state index in [1.165, 1.54) is 0 Å². The average Bonchev–Trinajstić information content (AvgIpc) is 3.42. The Morgan fingerprint density at radius 1 is 1.48 bits per heavy atom. The van der Waals surface area contributed by atoms with Gasteiger partial charge in [0.1, 0.15) is 17.0 Å². The zero-order valence-electron chi connectivity index (χ0n) is 16.0. The van der Waals surface area contributed by atoms with Crippen molar-refractivity contribution in [2.75, 3.05) is 13.2 Å². The fourth-order valence-electron chi connectivity index (χ4n) is 3.03. The van der Waals surface area contributed by atoms with Gasteiger partial charge in [0.15, 0.2) is 11.8 Å². The number of ether oxygens (including phenoxy) is 2. The molecule has 0 radical (unpaired) electrons. The first-order valence-electron chi connectivity index (χ1n) is 9.20. The van der Waals surface area contributed by atoms with Crippen LogP contribution in [0.3, 0.4) is 0 Å². The quantitative estimate of drug-likeness (QED) is 0.690. The molecule has 1 N–H and O–H groups in total. The lowest BCUT2D eigenvalue weighted by Crippen LogP contribution is -2.46. The molecule has 3 rings (SSSR count). The molecule has 158 valence electrons. The van der Waals surface area contributed by atoms with Crippen molar-refractivity contribution in [3.8, 4) is 11.8 Å². The number of aromatic nitrogens is 1. The van der Waals surface area contributed by atoms with E-state index >= 15 is 0 Å². The molecule has 2 atom stereocenters. The largest absolute Gasteiger partial charge is 0.481 e. The van der Waals surface area contributed by atoms with Crippen molar-refractivity contribution in [1.29, 1.82) is 5.26 Å². The summed E-state index contributed by atoms with van der Waals surface area (Å²) in [6, 6.07) is 3.03.